The third-order valence-electron chi connectivity index (χ3n) is 1.63. The number of hydrogen-bond acceptors (Lipinski definition) is 3. The van der Waals surface area contributed by atoms with E-state index in [1.807, 2.05) is 22.6 Å². The molecule has 2 aromatic rings. The number of benzene rings is 1. The van der Waals surface area contributed by atoms with Gasteiger partial charge < -0.3 is 0 Å². The molecule has 0 amide bonds. The molecule has 0 saturated heterocycles. The Bertz CT molecular complexity index is 491. The molecular weight excluding hydrogens is 340 g/mol. The molecule has 0 atom stereocenters. The maximum atomic E-state index is 12.9. The Balaban J connectivity index is 2.55. The predicted molar refractivity (Wildman–Crippen MR) is 57.9 cm³/mol. The van der Waals surface area contributed by atoms with Gasteiger partial charge in [-0.25, -0.2) is 18.2 Å². The van der Waals surface area contributed by atoms with E-state index in [4.69, 9.17) is 0 Å². The molecule has 1 heterocycles. The zero-order valence-corrected chi connectivity index (χ0v) is 9.94. The number of aromatic nitrogens is 2. The van der Waals surface area contributed by atoms with E-state index in [0.29, 0.717) is 8.84 Å². The molecule has 0 unspecified atom stereocenters. The van der Waals surface area contributed by atoms with E-state index >= 15 is 0 Å². The van der Waals surface area contributed by atoms with Gasteiger partial charge in [-0.15, -0.1) is 0 Å². The smallest absolute Gasteiger partial charge is 0.203 e. The van der Waals surface area contributed by atoms with Crippen molar-refractivity contribution in [2.24, 2.45) is 0 Å². The fraction of sp³-hybridized carbons (Fsp3) is 0. The Kier molecular flexibility index (Phi) is 2.91. The lowest BCUT2D eigenvalue weighted by Gasteiger charge is -1.98. The fourth-order valence-corrected chi connectivity index (χ4v) is 2.26. The molecule has 15 heavy (non-hydrogen) atoms. The van der Waals surface area contributed by atoms with Crippen LogP contribution in [0.4, 0.5) is 13.2 Å². The van der Waals surface area contributed by atoms with Crippen LogP contribution in [0.3, 0.4) is 0 Å². The van der Waals surface area contributed by atoms with Gasteiger partial charge in [0, 0.05) is 28.2 Å². The molecular formula is C8H2F3IN2S. The summed E-state index contributed by atoms with van der Waals surface area (Å²) in [5.41, 5.74) is 0.187. The summed E-state index contributed by atoms with van der Waals surface area (Å²) in [5.74, 6) is -3.93. The van der Waals surface area contributed by atoms with Crippen LogP contribution in [-0.2, 0) is 0 Å². The molecule has 0 N–H and O–H groups in total. The van der Waals surface area contributed by atoms with Crippen LogP contribution in [0, 0.1) is 21.3 Å². The van der Waals surface area contributed by atoms with Crippen molar-refractivity contribution in [3.63, 3.8) is 0 Å². The first kappa shape index (κ1) is 10.8. The van der Waals surface area contributed by atoms with Crippen LogP contribution >= 0.6 is 34.1 Å². The van der Waals surface area contributed by atoms with Gasteiger partial charge in [-0.1, -0.05) is 0 Å². The van der Waals surface area contributed by atoms with Gasteiger partial charge in [-0.05, 0) is 23.7 Å². The minimum absolute atomic E-state index is 0.187. The standard InChI is InChI=1S/C8H2F3IN2S/c9-4-1-3(2-5(10)6(4)11)7-13-8(12)14-15-7/h1-2H. The average molecular weight is 342 g/mol. The van der Waals surface area contributed by atoms with Crippen LogP contribution in [0.5, 0.6) is 0 Å². The summed E-state index contributed by atoms with van der Waals surface area (Å²) in [6.45, 7) is 0. The highest BCUT2D eigenvalue weighted by atomic mass is 127. The molecule has 0 saturated carbocycles. The second-order valence-electron chi connectivity index (χ2n) is 2.62. The lowest BCUT2D eigenvalue weighted by atomic mass is 10.2. The van der Waals surface area contributed by atoms with Gasteiger partial charge >= 0.3 is 0 Å². The summed E-state index contributed by atoms with van der Waals surface area (Å²) < 4.78 is 42.7. The van der Waals surface area contributed by atoms with Crippen molar-refractivity contribution >= 4 is 34.1 Å². The highest BCUT2D eigenvalue weighted by Gasteiger charge is 2.13. The van der Waals surface area contributed by atoms with Crippen LogP contribution in [0.2, 0.25) is 0 Å². The Hall–Kier alpha value is -0.700. The molecule has 1 aromatic carbocycles. The zero-order valence-electron chi connectivity index (χ0n) is 6.97. The van der Waals surface area contributed by atoms with Crippen LogP contribution in [0.15, 0.2) is 12.1 Å². The second kappa shape index (κ2) is 4.05. The lowest BCUT2D eigenvalue weighted by molar-refractivity contribution is 0.447. The predicted octanol–water partition coefficient (Wildman–Crippen LogP) is 3.23. The normalized spacial score (nSPS) is 10.7. The molecule has 7 heteroatoms. The van der Waals surface area contributed by atoms with Crippen LogP contribution < -0.4 is 0 Å². The van der Waals surface area contributed by atoms with Gasteiger partial charge in [0.1, 0.15) is 5.01 Å². The summed E-state index contributed by atoms with van der Waals surface area (Å²) in [6.07, 6.45) is 0. The summed E-state index contributed by atoms with van der Waals surface area (Å²) >= 11 is 2.88. The first-order chi connectivity index (χ1) is 7.08. The Morgan fingerprint density at radius 2 is 1.73 bits per heavy atom. The monoisotopic (exact) mass is 342 g/mol. The van der Waals surface area contributed by atoms with Crippen LogP contribution in [-0.4, -0.2) is 9.36 Å². The number of rotatable bonds is 1. The summed E-state index contributed by atoms with van der Waals surface area (Å²) in [5, 5.41) is 0.359. The highest BCUT2D eigenvalue weighted by molar-refractivity contribution is 14.1. The molecule has 2 nitrogen and oxygen atoms in total. The summed E-state index contributed by atoms with van der Waals surface area (Å²) in [4.78, 5) is 3.93. The summed E-state index contributed by atoms with van der Waals surface area (Å²) in [7, 11) is 0. The molecule has 0 aliphatic carbocycles. The SMILES string of the molecule is Fc1cc(-c2nc(I)ns2)cc(F)c1F. The molecule has 0 aliphatic rings. The third-order valence-corrected chi connectivity index (χ3v) is 3.21. The molecule has 1 aromatic heterocycles. The van der Waals surface area contributed by atoms with Gasteiger partial charge in [0.15, 0.2) is 17.5 Å². The van der Waals surface area contributed by atoms with E-state index in [9.17, 15) is 13.2 Å². The van der Waals surface area contributed by atoms with E-state index in [2.05, 4.69) is 9.36 Å². The van der Waals surface area contributed by atoms with E-state index in [0.717, 1.165) is 23.7 Å². The number of nitrogens with zero attached hydrogens (tertiary/aromatic N) is 2. The molecule has 78 valence electrons. The largest absolute Gasteiger partial charge is 0.210 e. The molecule has 0 fully saturated rings. The minimum Gasteiger partial charge on any atom is -0.210 e. The van der Waals surface area contributed by atoms with Crippen molar-refractivity contribution in [1.29, 1.82) is 0 Å². The second-order valence-corrected chi connectivity index (χ2v) is 4.34. The van der Waals surface area contributed by atoms with Crippen molar-refractivity contribution in [2.75, 3.05) is 0 Å². The molecule has 0 spiro atoms. The lowest BCUT2D eigenvalue weighted by Crippen LogP contribution is -1.91. The minimum atomic E-state index is -1.47. The van der Waals surface area contributed by atoms with Crippen molar-refractivity contribution in [3.05, 3.63) is 33.4 Å². The van der Waals surface area contributed by atoms with E-state index in [-0.39, 0.29) is 5.56 Å². The van der Waals surface area contributed by atoms with Gasteiger partial charge in [0.05, 0.1) is 0 Å². The van der Waals surface area contributed by atoms with Crippen molar-refractivity contribution in [1.82, 2.24) is 9.36 Å². The van der Waals surface area contributed by atoms with Crippen LogP contribution in [0.1, 0.15) is 0 Å². The van der Waals surface area contributed by atoms with Gasteiger partial charge in [-0.2, -0.15) is 4.37 Å². The quantitative estimate of drug-likeness (QED) is 0.588. The maximum absolute atomic E-state index is 12.9. The van der Waals surface area contributed by atoms with E-state index < -0.39 is 17.5 Å². The van der Waals surface area contributed by atoms with Crippen LogP contribution in [0.25, 0.3) is 10.6 Å². The van der Waals surface area contributed by atoms with E-state index in [1.165, 1.54) is 0 Å². The molecule has 0 bridgehead atoms. The fourth-order valence-electron chi connectivity index (χ4n) is 1.00. The third kappa shape index (κ3) is 2.12. The average Bonchev–Trinajstić information content (AvgIpc) is 2.60. The highest BCUT2D eigenvalue weighted by Crippen LogP contribution is 2.25. The molecule has 0 aliphatic heterocycles. The zero-order chi connectivity index (χ0) is 11.0. The maximum Gasteiger partial charge on any atom is 0.203 e. The van der Waals surface area contributed by atoms with E-state index in [1.54, 1.807) is 0 Å². The number of halogens is 4. The molecule has 2 rings (SSSR count). The van der Waals surface area contributed by atoms with Crippen molar-refractivity contribution in [2.45, 2.75) is 0 Å². The Morgan fingerprint density at radius 1 is 1.13 bits per heavy atom. The number of hydrogen-bond donors (Lipinski definition) is 0. The molecule has 0 radical (unpaired) electrons. The van der Waals surface area contributed by atoms with Crippen molar-refractivity contribution < 1.29 is 13.2 Å². The first-order valence-electron chi connectivity index (χ1n) is 3.72. The Labute approximate surface area is 100 Å². The topological polar surface area (TPSA) is 25.8 Å². The van der Waals surface area contributed by atoms with Gasteiger partial charge in [0.25, 0.3) is 0 Å². The first-order valence-corrected chi connectivity index (χ1v) is 5.57. The van der Waals surface area contributed by atoms with Gasteiger partial charge in [-0.3, -0.25) is 0 Å². The summed E-state index contributed by atoms with van der Waals surface area (Å²) in [6, 6.07) is 1.80. The van der Waals surface area contributed by atoms with Crippen molar-refractivity contribution in [3.8, 4) is 10.6 Å². The Morgan fingerprint density at radius 3 is 2.20 bits per heavy atom. The van der Waals surface area contributed by atoms with Gasteiger partial charge in [0.2, 0.25) is 3.83 Å².